The average molecular weight is 987 g/mol. The Kier molecular flexibility index (Phi) is 56.9. The zero-order valence-corrected chi connectivity index (χ0v) is 47.4. The number of hydrogen-bond donors (Lipinski definition) is 3. The molecule has 3 atom stereocenters. The van der Waals surface area contributed by atoms with Crippen molar-refractivity contribution in [3.63, 3.8) is 0 Å². The van der Waals surface area contributed by atoms with E-state index in [1.807, 2.05) is 0 Å². The zero-order valence-electron chi connectivity index (χ0n) is 47.4. The van der Waals surface area contributed by atoms with Crippen molar-refractivity contribution in [2.75, 3.05) is 6.61 Å². The number of esters is 1. The minimum absolute atomic E-state index is 0.0745. The molecule has 3 N–H and O–H groups in total. The van der Waals surface area contributed by atoms with Gasteiger partial charge in [-0.3, -0.25) is 9.59 Å². The van der Waals surface area contributed by atoms with Gasteiger partial charge in [-0.2, -0.15) is 0 Å². The zero-order chi connectivity index (χ0) is 50.9. The van der Waals surface area contributed by atoms with E-state index in [9.17, 15) is 19.8 Å². The van der Waals surface area contributed by atoms with Gasteiger partial charge >= 0.3 is 5.97 Å². The molecule has 0 radical (unpaired) electrons. The van der Waals surface area contributed by atoms with Gasteiger partial charge < -0.3 is 20.3 Å². The molecule has 0 fully saturated rings. The summed E-state index contributed by atoms with van der Waals surface area (Å²) in [6, 6.07) is -0.703. The maximum atomic E-state index is 13.3. The van der Waals surface area contributed by atoms with Crippen LogP contribution in [0.5, 0.6) is 0 Å². The van der Waals surface area contributed by atoms with Crippen molar-refractivity contribution in [2.24, 2.45) is 0 Å². The van der Waals surface area contributed by atoms with Gasteiger partial charge in [-0.1, -0.05) is 302 Å². The molecular weight excluding hydrogens is 863 g/mol. The van der Waals surface area contributed by atoms with Crippen LogP contribution in [0.4, 0.5) is 0 Å². The molecule has 0 rings (SSSR count). The highest BCUT2D eigenvalue weighted by atomic mass is 16.5. The Labute approximate surface area is 437 Å². The number of carbonyl (C=O) groups excluding carboxylic acids is 2. The Morgan fingerprint density at radius 2 is 0.729 bits per heavy atom. The van der Waals surface area contributed by atoms with E-state index in [2.05, 4.69) is 50.4 Å². The maximum absolute atomic E-state index is 13.3. The molecule has 0 aromatic carbocycles. The van der Waals surface area contributed by atoms with E-state index in [1.165, 1.54) is 238 Å². The van der Waals surface area contributed by atoms with Gasteiger partial charge in [-0.05, 0) is 57.8 Å². The van der Waals surface area contributed by atoms with Gasteiger partial charge in [0.25, 0.3) is 0 Å². The molecule has 3 unspecified atom stereocenters. The second-order valence-corrected chi connectivity index (χ2v) is 21.8. The smallest absolute Gasteiger partial charge is 0.306 e. The number of aliphatic hydroxyl groups excluding tert-OH is 2. The lowest BCUT2D eigenvalue weighted by Gasteiger charge is -2.24. The first-order chi connectivity index (χ1) is 34.5. The summed E-state index contributed by atoms with van der Waals surface area (Å²) in [6.07, 6.45) is 69.7. The van der Waals surface area contributed by atoms with Crippen LogP contribution in [0, 0.1) is 0 Å². The van der Waals surface area contributed by atoms with Crippen molar-refractivity contribution >= 4 is 11.9 Å². The van der Waals surface area contributed by atoms with E-state index < -0.39 is 18.2 Å². The number of hydrogen-bond acceptors (Lipinski definition) is 5. The Morgan fingerprint density at radius 1 is 0.414 bits per heavy atom. The van der Waals surface area contributed by atoms with Gasteiger partial charge in [-0.25, -0.2) is 0 Å². The van der Waals surface area contributed by atoms with Crippen molar-refractivity contribution in [3.05, 3.63) is 24.3 Å². The highest BCUT2D eigenvalue weighted by molar-refractivity contribution is 5.77. The minimum atomic E-state index is -0.789. The first kappa shape index (κ1) is 68.3. The van der Waals surface area contributed by atoms with Gasteiger partial charge in [0.15, 0.2) is 0 Å². The average Bonchev–Trinajstić information content (AvgIpc) is 3.35. The summed E-state index contributed by atoms with van der Waals surface area (Å²) in [7, 11) is 0. The minimum Gasteiger partial charge on any atom is -0.462 e. The van der Waals surface area contributed by atoms with E-state index in [0.29, 0.717) is 19.3 Å². The topological polar surface area (TPSA) is 95.9 Å². The predicted octanol–water partition coefficient (Wildman–Crippen LogP) is 19.8. The number of unbranched alkanes of at least 4 members (excludes halogenated alkanes) is 42. The number of ether oxygens (including phenoxy) is 1. The Balaban J connectivity index is 4.48. The second-order valence-electron chi connectivity index (χ2n) is 21.8. The number of carbonyl (C=O) groups is 2. The van der Waals surface area contributed by atoms with Crippen molar-refractivity contribution in [2.45, 2.75) is 366 Å². The first-order valence-electron chi connectivity index (χ1n) is 31.6. The van der Waals surface area contributed by atoms with Crippen LogP contribution in [0.15, 0.2) is 24.3 Å². The van der Waals surface area contributed by atoms with Gasteiger partial charge in [0, 0.05) is 6.42 Å². The van der Waals surface area contributed by atoms with Gasteiger partial charge in [-0.15, -0.1) is 0 Å². The van der Waals surface area contributed by atoms with Crippen LogP contribution in [0.1, 0.15) is 348 Å². The molecule has 414 valence electrons. The van der Waals surface area contributed by atoms with E-state index in [0.717, 1.165) is 64.2 Å². The summed E-state index contributed by atoms with van der Waals surface area (Å²) >= 11 is 0. The van der Waals surface area contributed by atoms with Gasteiger partial charge in [0.1, 0.15) is 6.10 Å². The molecule has 6 heteroatoms. The third-order valence-electron chi connectivity index (χ3n) is 14.8. The van der Waals surface area contributed by atoms with Crippen LogP contribution in [-0.2, 0) is 14.3 Å². The molecule has 1 amide bonds. The van der Waals surface area contributed by atoms with Crippen LogP contribution < -0.4 is 5.32 Å². The summed E-state index contributed by atoms with van der Waals surface area (Å²) in [4.78, 5) is 26.4. The van der Waals surface area contributed by atoms with E-state index in [4.69, 9.17) is 4.74 Å². The predicted molar refractivity (Wildman–Crippen MR) is 306 cm³/mol. The Hall–Kier alpha value is -1.66. The third-order valence-corrected chi connectivity index (χ3v) is 14.8. The second kappa shape index (κ2) is 58.2. The van der Waals surface area contributed by atoms with Crippen LogP contribution in [0.2, 0.25) is 0 Å². The SMILES string of the molecule is CCCCC/C=C\C/C=C\CCCCCCCC(CC(=O)NC(CO)C(O)CCCCCCCCCCCCCCCCCCC)OC(=O)CCCCCCCCCCCCCCCCCCCCC. The largest absolute Gasteiger partial charge is 0.462 e. The molecule has 70 heavy (non-hydrogen) atoms. The fourth-order valence-electron chi connectivity index (χ4n) is 9.99. The standard InChI is InChI=1S/C64H123NO5/c1-4-7-10-13-16-19-22-25-28-30-31-33-36-39-42-45-48-51-54-57-64(69)70-60(55-52-49-46-43-40-37-34-27-24-21-18-15-12-9-6-3)58-63(68)65-61(59-66)62(67)56-53-50-47-44-41-38-35-32-29-26-23-20-17-14-11-8-5-2/h18,21,27,34,60-62,66-67H,4-17,19-20,22-26,28-33,35-59H2,1-3H3,(H,65,68)/b21-18-,34-27-. The first-order valence-corrected chi connectivity index (χ1v) is 31.6. The van der Waals surface area contributed by atoms with E-state index in [-0.39, 0.29) is 24.9 Å². The highest BCUT2D eigenvalue weighted by Gasteiger charge is 2.24. The van der Waals surface area contributed by atoms with Crippen molar-refractivity contribution in [1.82, 2.24) is 5.32 Å². The summed E-state index contributed by atoms with van der Waals surface area (Å²) in [5, 5.41) is 24.0. The molecule has 0 saturated heterocycles. The molecule has 0 saturated carbocycles. The van der Waals surface area contributed by atoms with Crippen LogP contribution in [0.3, 0.4) is 0 Å². The molecule has 0 aromatic rings. The van der Waals surface area contributed by atoms with Crippen LogP contribution in [0.25, 0.3) is 0 Å². The number of allylic oxidation sites excluding steroid dienone is 4. The highest BCUT2D eigenvalue weighted by Crippen LogP contribution is 2.19. The number of aliphatic hydroxyl groups is 2. The molecule has 0 aromatic heterocycles. The van der Waals surface area contributed by atoms with Gasteiger partial charge in [0.2, 0.25) is 5.91 Å². The fourth-order valence-corrected chi connectivity index (χ4v) is 9.99. The quantitative estimate of drug-likeness (QED) is 0.0321. The van der Waals surface area contributed by atoms with Crippen LogP contribution in [-0.4, -0.2) is 46.9 Å². The third kappa shape index (κ3) is 52.7. The number of amides is 1. The number of rotatable bonds is 58. The summed E-state index contributed by atoms with van der Waals surface area (Å²) in [6.45, 7) is 6.51. The van der Waals surface area contributed by atoms with Crippen LogP contribution >= 0.6 is 0 Å². The number of nitrogens with one attached hydrogen (secondary N) is 1. The van der Waals surface area contributed by atoms with Crippen molar-refractivity contribution in [3.8, 4) is 0 Å². The molecule has 0 heterocycles. The molecule has 0 aliphatic rings. The maximum Gasteiger partial charge on any atom is 0.306 e. The van der Waals surface area contributed by atoms with Crippen molar-refractivity contribution < 1.29 is 24.5 Å². The lowest BCUT2D eigenvalue weighted by Crippen LogP contribution is -2.46. The molecule has 0 aliphatic carbocycles. The Bertz CT molecular complexity index is 1110. The Morgan fingerprint density at radius 3 is 1.11 bits per heavy atom. The lowest BCUT2D eigenvalue weighted by atomic mass is 10.0. The molecule has 0 bridgehead atoms. The van der Waals surface area contributed by atoms with E-state index >= 15 is 0 Å². The fraction of sp³-hybridized carbons (Fsp3) is 0.906. The normalized spacial score (nSPS) is 13.2. The van der Waals surface area contributed by atoms with E-state index in [1.54, 1.807) is 0 Å². The summed E-state index contributed by atoms with van der Waals surface area (Å²) in [5.41, 5.74) is 0. The molecular formula is C64H123NO5. The molecule has 6 nitrogen and oxygen atoms in total. The summed E-state index contributed by atoms with van der Waals surface area (Å²) < 4.78 is 5.98. The molecule has 0 spiro atoms. The van der Waals surface area contributed by atoms with Gasteiger partial charge in [0.05, 0.1) is 25.2 Å². The molecule has 0 aliphatic heterocycles. The van der Waals surface area contributed by atoms with Crippen molar-refractivity contribution in [1.29, 1.82) is 0 Å². The lowest BCUT2D eigenvalue weighted by molar-refractivity contribution is -0.151. The monoisotopic (exact) mass is 986 g/mol. The summed E-state index contributed by atoms with van der Waals surface area (Å²) in [5.74, 6) is -0.464.